The molecule has 1 amide bonds. The SMILES string of the molecule is CC(=O)n1cc(CN2CC[C@@H](c3c(C(=O)NC(C)C)sc4ccccc34)C2)c2ccccc21. The second-order valence-electron chi connectivity index (χ2n) is 9.25. The smallest absolute Gasteiger partial charge is 0.261 e. The highest BCUT2D eigenvalue weighted by molar-refractivity contribution is 7.21. The van der Waals surface area contributed by atoms with Crippen molar-refractivity contribution in [3.05, 3.63) is 70.7 Å². The summed E-state index contributed by atoms with van der Waals surface area (Å²) in [5, 5.41) is 5.43. The molecule has 4 aromatic rings. The highest BCUT2D eigenvalue weighted by Gasteiger charge is 2.31. The lowest BCUT2D eigenvalue weighted by atomic mass is 9.95. The number of likely N-dealkylation sites (tertiary alicyclic amines) is 1. The fraction of sp³-hybridized carbons (Fsp3) is 0.333. The Morgan fingerprint density at radius 2 is 1.82 bits per heavy atom. The fourth-order valence-electron chi connectivity index (χ4n) is 5.06. The second-order valence-corrected chi connectivity index (χ2v) is 10.3. The molecule has 0 spiro atoms. The third-order valence-corrected chi connectivity index (χ3v) is 7.65. The Kier molecular flexibility index (Phi) is 5.81. The number of thiophene rings is 1. The van der Waals surface area contributed by atoms with Crippen LogP contribution in [0.1, 0.15) is 58.7 Å². The number of benzene rings is 2. The van der Waals surface area contributed by atoms with Crippen molar-refractivity contribution in [2.45, 2.75) is 45.7 Å². The first kappa shape index (κ1) is 21.9. The largest absolute Gasteiger partial charge is 0.349 e. The first-order chi connectivity index (χ1) is 15.9. The Labute approximate surface area is 198 Å². The van der Waals surface area contributed by atoms with E-state index in [4.69, 9.17) is 0 Å². The Balaban J connectivity index is 1.44. The fourth-order valence-corrected chi connectivity index (χ4v) is 6.25. The van der Waals surface area contributed by atoms with E-state index >= 15 is 0 Å². The van der Waals surface area contributed by atoms with Gasteiger partial charge in [-0.05, 0) is 55.5 Å². The van der Waals surface area contributed by atoms with E-state index in [0.717, 1.165) is 41.8 Å². The monoisotopic (exact) mass is 459 g/mol. The van der Waals surface area contributed by atoms with Crippen LogP contribution in [0, 0.1) is 0 Å². The molecule has 2 aromatic carbocycles. The number of amides is 1. The average Bonchev–Trinajstić information content (AvgIpc) is 3.49. The zero-order valence-electron chi connectivity index (χ0n) is 19.3. The van der Waals surface area contributed by atoms with Gasteiger partial charge in [0.1, 0.15) is 0 Å². The van der Waals surface area contributed by atoms with Gasteiger partial charge in [0, 0.05) is 48.3 Å². The molecule has 5 rings (SSSR count). The van der Waals surface area contributed by atoms with Crippen molar-refractivity contribution in [1.82, 2.24) is 14.8 Å². The molecule has 3 heterocycles. The van der Waals surface area contributed by atoms with E-state index in [9.17, 15) is 9.59 Å². The highest BCUT2D eigenvalue weighted by atomic mass is 32.1. The van der Waals surface area contributed by atoms with E-state index in [0.29, 0.717) is 5.92 Å². The molecule has 5 nitrogen and oxygen atoms in total. The number of hydrogen-bond donors (Lipinski definition) is 1. The molecule has 0 unspecified atom stereocenters. The summed E-state index contributed by atoms with van der Waals surface area (Å²) in [4.78, 5) is 28.5. The summed E-state index contributed by atoms with van der Waals surface area (Å²) in [6, 6.07) is 16.6. The van der Waals surface area contributed by atoms with Crippen LogP contribution in [0.3, 0.4) is 0 Å². The first-order valence-corrected chi connectivity index (χ1v) is 12.4. The van der Waals surface area contributed by atoms with Crippen LogP contribution < -0.4 is 5.32 Å². The number of hydrogen-bond acceptors (Lipinski definition) is 4. The maximum atomic E-state index is 13.0. The lowest BCUT2D eigenvalue weighted by Crippen LogP contribution is -2.30. The summed E-state index contributed by atoms with van der Waals surface area (Å²) in [6.45, 7) is 8.28. The minimum atomic E-state index is 0.0299. The maximum Gasteiger partial charge on any atom is 0.261 e. The molecule has 1 N–H and O–H groups in total. The third kappa shape index (κ3) is 4.09. The Morgan fingerprint density at radius 3 is 2.58 bits per heavy atom. The van der Waals surface area contributed by atoms with Crippen LogP contribution in [0.4, 0.5) is 0 Å². The summed E-state index contributed by atoms with van der Waals surface area (Å²) in [5.74, 6) is 0.377. The normalized spacial score (nSPS) is 16.8. The van der Waals surface area contributed by atoms with Gasteiger partial charge in [-0.2, -0.15) is 0 Å². The van der Waals surface area contributed by atoms with Crippen molar-refractivity contribution < 1.29 is 9.59 Å². The van der Waals surface area contributed by atoms with E-state index in [1.807, 2.05) is 44.3 Å². The Morgan fingerprint density at radius 1 is 1.09 bits per heavy atom. The van der Waals surface area contributed by atoms with Gasteiger partial charge in [-0.15, -0.1) is 11.3 Å². The van der Waals surface area contributed by atoms with Crippen molar-refractivity contribution in [3.63, 3.8) is 0 Å². The molecule has 170 valence electrons. The molecule has 33 heavy (non-hydrogen) atoms. The summed E-state index contributed by atoms with van der Waals surface area (Å²) in [5.41, 5.74) is 3.34. The predicted octanol–water partition coefficient (Wildman–Crippen LogP) is 5.64. The second kappa shape index (κ2) is 8.76. The van der Waals surface area contributed by atoms with Gasteiger partial charge in [0.2, 0.25) is 5.91 Å². The van der Waals surface area contributed by atoms with Crippen molar-refractivity contribution in [2.24, 2.45) is 0 Å². The number of rotatable bonds is 5. The minimum absolute atomic E-state index is 0.0299. The van der Waals surface area contributed by atoms with Crippen LogP contribution in [0.5, 0.6) is 0 Å². The molecular formula is C27H29N3O2S. The number of carbonyl (C=O) groups excluding carboxylic acids is 2. The summed E-state index contributed by atoms with van der Waals surface area (Å²) >= 11 is 1.60. The van der Waals surface area contributed by atoms with Gasteiger partial charge in [0.15, 0.2) is 0 Å². The minimum Gasteiger partial charge on any atom is -0.349 e. The van der Waals surface area contributed by atoms with Crippen molar-refractivity contribution in [3.8, 4) is 0 Å². The summed E-state index contributed by atoms with van der Waals surface area (Å²) < 4.78 is 2.92. The van der Waals surface area contributed by atoms with Crippen LogP contribution in [0.2, 0.25) is 0 Å². The molecule has 1 aliphatic heterocycles. The van der Waals surface area contributed by atoms with E-state index in [1.165, 1.54) is 21.2 Å². The van der Waals surface area contributed by atoms with Gasteiger partial charge in [0.25, 0.3) is 5.91 Å². The molecule has 1 aliphatic rings. The summed E-state index contributed by atoms with van der Waals surface area (Å²) in [7, 11) is 0. The molecule has 2 aromatic heterocycles. The van der Waals surface area contributed by atoms with E-state index in [2.05, 4.69) is 34.5 Å². The zero-order valence-corrected chi connectivity index (χ0v) is 20.1. The first-order valence-electron chi connectivity index (χ1n) is 11.6. The lowest BCUT2D eigenvalue weighted by Gasteiger charge is -2.17. The molecule has 0 aliphatic carbocycles. The number of aromatic nitrogens is 1. The number of fused-ring (bicyclic) bond motifs is 2. The van der Waals surface area contributed by atoms with Crippen molar-refractivity contribution in [2.75, 3.05) is 13.1 Å². The molecular weight excluding hydrogens is 430 g/mol. The molecule has 1 atom stereocenters. The van der Waals surface area contributed by atoms with Gasteiger partial charge in [0.05, 0.1) is 10.4 Å². The number of nitrogens with zero attached hydrogens (tertiary/aromatic N) is 2. The molecule has 1 fully saturated rings. The van der Waals surface area contributed by atoms with E-state index in [1.54, 1.807) is 22.8 Å². The Hall–Kier alpha value is -2.96. The molecule has 6 heteroatoms. The molecule has 0 radical (unpaired) electrons. The molecule has 1 saturated heterocycles. The van der Waals surface area contributed by atoms with E-state index in [-0.39, 0.29) is 17.9 Å². The maximum absolute atomic E-state index is 13.0. The van der Waals surface area contributed by atoms with Gasteiger partial charge in [-0.25, -0.2) is 0 Å². The predicted molar refractivity (Wildman–Crippen MR) is 135 cm³/mol. The van der Waals surface area contributed by atoms with Gasteiger partial charge in [-0.3, -0.25) is 19.1 Å². The molecule has 0 bridgehead atoms. The zero-order chi connectivity index (χ0) is 23.1. The van der Waals surface area contributed by atoms with Crippen LogP contribution in [-0.4, -0.2) is 40.4 Å². The quantitative estimate of drug-likeness (QED) is 0.420. The van der Waals surface area contributed by atoms with Gasteiger partial charge < -0.3 is 5.32 Å². The number of nitrogens with one attached hydrogen (secondary N) is 1. The van der Waals surface area contributed by atoms with Crippen LogP contribution in [0.15, 0.2) is 54.7 Å². The topological polar surface area (TPSA) is 54.3 Å². The van der Waals surface area contributed by atoms with Crippen molar-refractivity contribution in [1.29, 1.82) is 0 Å². The van der Waals surface area contributed by atoms with Crippen LogP contribution >= 0.6 is 11.3 Å². The highest BCUT2D eigenvalue weighted by Crippen LogP contribution is 2.40. The van der Waals surface area contributed by atoms with Crippen molar-refractivity contribution >= 4 is 44.1 Å². The van der Waals surface area contributed by atoms with Gasteiger partial charge in [-0.1, -0.05) is 36.4 Å². The standard InChI is InChI=1S/C27H29N3O2S/c1-17(2)28-27(32)26-25(22-9-5-7-11-24(22)33-26)19-12-13-29(14-19)15-20-16-30(18(3)31)23-10-6-4-8-21(20)23/h4-11,16-17,19H,12-15H2,1-3H3,(H,28,32)/t19-/m1/s1. The summed E-state index contributed by atoms with van der Waals surface area (Å²) in [6.07, 6.45) is 3.01. The Bertz CT molecular complexity index is 1350. The number of carbonyl (C=O) groups is 2. The number of para-hydroxylation sites is 1. The van der Waals surface area contributed by atoms with Gasteiger partial charge >= 0.3 is 0 Å². The third-order valence-electron chi connectivity index (χ3n) is 6.47. The molecule has 0 saturated carbocycles. The van der Waals surface area contributed by atoms with Crippen LogP contribution in [-0.2, 0) is 6.54 Å². The average molecular weight is 460 g/mol. The lowest BCUT2D eigenvalue weighted by molar-refractivity contribution is 0.0934. The van der Waals surface area contributed by atoms with Crippen LogP contribution in [0.25, 0.3) is 21.0 Å². The van der Waals surface area contributed by atoms with E-state index < -0.39 is 0 Å².